The molecule has 0 aromatic rings. The molecule has 2 fully saturated rings. The van der Waals surface area contributed by atoms with Crippen LogP contribution in [0, 0.1) is 0 Å². The maximum absolute atomic E-state index is 12.6. The molecule has 6 heteroatoms. The zero-order chi connectivity index (χ0) is 17.7. The van der Waals surface area contributed by atoms with E-state index < -0.39 is 17.7 Å². The fourth-order valence-electron chi connectivity index (χ4n) is 3.39. The van der Waals surface area contributed by atoms with E-state index in [4.69, 9.17) is 4.74 Å². The molecule has 0 N–H and O–H groups in total. The Labute approximate surface area is 146 Å². The summed E-state index contributed by atoms with van der Waals surface area (Å²) in [5, 5.41) is 0. The Morgan fingerprint density at radius 2 is 1.75 bits per heavy atom. The largest absolute Gasteiger partial charge is 0.444 e. The predicted molar refractivity (Wildman–Crippen MR) is 93.9 cm³/mol. The van der Waals surface area contributed by atoms with Crippen molar-refractivity contribution in [2.45, 2.75) is 65.0 Å². The molecule has 2 amide bonds. The average molecular weight is 339 g/mol. The van der Waals surface area contributed by atoms with E-state index in [9.17, 15) is 9.59 Å². The number of likely N-dealkylation sites (tertiary alicyclic amines) is 1. The molecule has 138 valence electrons. The lowest BCUT2D eigenvalue weighted by atomic mass is 10.1. The van der Waals surface area contributed by atoms with Crippen LogP contribution in [-0.2, 0) is 9.53 Å². The molecular weight excluding hydrogens is 306 g/mol. The normalized spacial score (nSPS) is 23.5. The number of rotatable bonds is 4. The summed E-state index contributed by atoms with van der Waals surface area (Å²) in [6.07, 6.45) is 4.55. The number of piperidine rings is 1. The quantitative estimate of drug-likeness (QED) is 0.789. The van der Waals surface area contributed by atoms with Crippen molar-refractivity contribution in [3.05, 3.63) is 0 Å². The highest BCUT2D eigenvalue weighted by Gasteiger charge is 2.36. The van der Waals surface area contributed by atoms with Crippen LogP contribution in [-0.4, -0.2) is 77.6 Å². The fraction of sp³-hybridized carbons (Fsp3) is 0.889. The molecule has 0 bridgehead atoms. The summed E-state index contributed by atoms with van der Waals surface area (Å²) in [5.74, 6) is 0.0331. The molecule has 2 aliphatic rings. The van der Waals surface area contributed by atoms with Gasteiger partial charge in [0, 0.05) is 19.6 Å². The highest BCUT2D eigenvalue weighted by molar-refractivity contribution is 5.86. The van der Waals surface area contributed by atoms with E-state index in [1.54, 1.807) is 11.8 Å². The Hall–Kier alpha value is -1.30. The molecule has 0 aromatic carbocycles. The van der Waals surface area contributed by atoms with Crippen molar-refractivity contribution in [3.8, 4) is 0 Å². The summed E-state index contributed by atoms with van der Waals surface area (Å²) < 4.78 is 5.40. The summed E-state index contributed by atoms with van der Waals surface area (Å²) in [7, 11) is 0. The van der Waals surface area contributed by atoms with Crippen molar-refractivity contribution in [1.29, 1.82) is 0 Å². The van der Waals surface area contributed by atoms with Crippen molar-refractivity contribution in [3.63, 3.8) is 0 Å². The zero-order valence-corrected chi connectivity index (χ0v) is 15.7. The van der Waals surface area contributed by atoms with Gasteiger partial charge in [-0.2, -0.15) is 0 Å². The summed E-state index contributed by atoms with van der Waals surface area (Å²) in [4.78, 5) is 30.7. The van der Waals surface area contributed by atoms with E-state index in [0.29, 0.717) is 13.1 Å². The van der Waals surface area contributed by atoms with Gasteiger partial charge < -0.3 is 14.5 Å². The Morgan fingerprint density at radius 3 is 2.38 bits per heavy atom. The van der Waals surface area contributed by atoms with Crippen LogP contribution < -0.4 is 0 Å². The van der Waals surface area contributed by atoms with Gasteiger partial charge in [0.2, 0.25) is 5.91 Å². The van der Waals surface area contributed by atoms with Gasteiger partial charge in [0.25, 0.3) is 0 Å². The summed E-state index contributed by atoms with van der Waals surface area (Å²) in [5.41, 5.74) is -0.536. The standard InChI is InChI=1S/C18H33N3O3/c1-15-16(22)20(12-8-11-19-9-6-5-7-10-19)13-14-21(15)17(23)24-18(2,3)4/h15H,5-14H2,1-4H3/t15-/m0/s1. The second-order valence-electron chi connectivity index (χ2n) is 7.93. The van der Waals surface area contributed by atoms with Crippen LogP contribution in [0.1, 0.15) is 53.4 Å². The average Bonchev–Trinajstić information content (AvgIpc) is 2.51. The molecule has 24 heavy (non-hydrogen) atoms. The summed E-state index contributed by atoms with van der Waals surface area (Å²) >= 11 is 0. The Morgan fingerprint density at radius 1 is 1.08 bits per heavy atom. The number of ether oxygens (including phenoxy) is 1. The third-order valence-corrected chi connectivity index (χ3v) is 4.73. The minimum absolute atomic E-state index is 0.0331. The second-order valence-corrected chi connectivity index (χ2v) is 7.93. The van der Waals surface area contributed by atoms with Gasteiger partial charge in [-0.3, -0.25) is 9.69 Å². The lowest BCUT2D eigenvalue weighted by molar-refractivity contribution is -0.140. The molecule has 0 aromatic heterocycles. The van der Waals surface area contributed by atoms with E-state index in [2.05, 4.69) is 4.90 Å². The van der Waals surface area contributed by atoms with Gasteiger partial charge in [-0.15, -0.1) is 0 Å². The van der Waals surface area contributed by atoms with Gasteiger partial charge in [-0.1, -0.05) is 6.42 Å². The monoisotopic (exact) mass is 339 g/mol. The molecule has 2 rings (SSSR count). The van der Waals surface area contributed by atoms with Crippen molar-refractivity contribution < 1.29 is 14.3 Å². The molecule has 6 nitrogen and oxygen atoms in total. The molecule has 0 spiro atoms. The third kappa shape index (κ3) is 5.36. The number of amides is 2. The Bertz CT molecular complexity index is 441. The number of nitrogens with zero attached hydrogens (tertiary/aromatic N) is 3. The predicted octanol–water partition coefficient (Wildman–Crippen LogP) is 2.33. The van der Waals surface area contributed by atoms with Gasteiger partial charge in [0.15, 0.2) is 0 Å². The van der Waals surface area contributed by atoms with E-state index in [-0.39, 0.29) is 5.91 Å². The Kier molecular flexibility index (Phi) is 6.49. The summed E-state index contributed by atoms with van der Waals surface area (Å²) in [6, 6.07) is -0.441. The van der Waals surface area contributed by atoms with Gasteiger partial charge >= 0.3 is 6.09 Å². The van der Waals surface area contributed by atoms with E-state index in [1.807, 2.05) is 25.7 Å². The number of carbonyl (C=O) groups excluding carboxylic acids is 2. The molecule has 0 aliphatic carbocycles. The highest BCUT2D eigenvalue weighted by atomic mass is 16.6. The molecule has 0 radical (unpaired) electrons. The smallest absolute Gasteiger partial charge is 0.411 e. The first-order valence-electron chi connectivity index (χ1n) is 9.29. The number of hydrogen-bond donors (Lipinski definition) is 0. The van der Waals surface area contributed by atoms with Crippen molar-refractivity contribution in [2.75, 3.05) is 39.3 Å². The lowest BCUT2D eigenvalue weighted by Crippen LogP contribution is -2.58. The van der Waals surface area contributed by atoms with Crippen molar-refractivity contribution in [2.24, 2.45) is 0 Å². The molecule has 0 unspecified atom stereocenters. The number of piperazine rings is 1. The maximum Gasteiger partial charge on any atom is 0.411 e. The molecule has 2 aliphatic heterocycles. The van der Waals surface area contributed by atoms with Crippen LogP contribution in [0.15, 0.2) is 0 Å². The number of carbonyl (C=O) groups is 2. The van der Waals surface area contributed by atoms with Crippen LogP contribution in [0.25, 0.3) is 0 Å². The van der Waals surface area contributed by atoms with Crippen LogP contribution in [0.4, 0.5) is 4.79 Å². The van der Waals surface area contributed by atoms with Crippen molar-refractivity contribution >= 4 is 12.0 Å². The highest BCUT2D eigenvalue weighted by Crippen LogP contribution is 2.17. The van der Waals surface area contributed by atoms with E-state index >= 15 is 0 Å². The first-order chi connectivity index (χ1) is 11.3. The first-order valence-corrected chi connectivity index (χ1v) is 9.29. The third-order valence-electron chi connectivity index (χ3n) is 4.73. The molecule has 2 saturated heterocycles. The molecule has 0 saturated carbocycles. The Balaban J connectivity index is 1.77. The summed E-state index contributed by atoms with van der Waals surface area (Å²) in [6.45, 7) is 12.7. The SMILES string of the molecule is C[C@H]1C(=O)N(CCCN2CCCCC2)CCN1C(=O)OC(C)(C)C. The number of hydrogen-bond acceptors (Lipinski definition) is 4. The molecule has 1 atom stereocenters. The van der Waals surface area contributed by atoms with Gasteiger partial charge in [-0.25, -0.2) is 4.79 Å². The maximum atomic E-state index is 12.6. The van der Waals surface area contributed by atoms with Crippen LogP contribution in [0.5, 0.6) is 0 Å². The van der Waals surface area contributed by atoms with Gasteiger partial charge in [0.1, 0.15) is 11.6 Å². The van der Waals surface area contributed by atoms with Crippen LogP contribution in [0.3, 0.4) is 0 Å². The molecule has 2 heterocycles. The lowest BCUT2D eigenvalue weighted by Gasteiger charge is -2.39. The minimum Gasteiger partial charge on any atom is -0.444 e. The topological polar surface area (TPSA) is 53.1 Å². The second kappa shape index (κ2) is 8.19. The first kappa shape index (κ1) is 19.0. The van der Waals surface area contributed by atoms with E-state index in [1.165, 1.54) is 32.4 Å². The van der Waals surface area contributed by atoms with Crippen molar-refractivity contribution in [1.82, 2.24) is 14.7 Å². The van der Waals surface area contributed by atoms with Crippen LogP contribution in [0.2, 0.25) is 0 Å². The van der Waals surface area contributed by atoms with E-state index in [0.717, 1.165) is 19.5 Å². The fourth-order valence-corrected chi connectivity index (χ4v) is 3.39. The minimum atomic E-state index is -0.536. The van der Waals surface area contributed by atoms with Gasteiger partial charge in [0.05, 0.1) is 0 Å². The van der Waals surface area contributed by atoms with Gasteiger partial charge in [-0.05, 0) is 66.6 Å². The molecular formula is C18H33N3O3. The van der Waals surface area contributed by atoms with Crippen LogP contribution >= 0.6 is 0 Å². The zero-order valence-electron chi connectivity index (χ0n) is 15.7.